The van der Waals surface area contributed by atoms with Gasteiger partial charge in [-0.2, -0.15) is 0 Å². The van der Waals surface area contributed by atoms with Crippen LogP contribution >= 0.6 is 0 Å². The van der Waals surface area contributed by atoms with E-state index in [4.69, 9.17) is 9.15 Å². The first-order chi connectivity index (χ1) is 14.9. The molecule has 4 rings (SSSR count). The maximum Gasteiger partial charge on any atom is 0.336 e. The van der Waals surface area contributed by atoms with E-state index in [-0.39, 0.29) is 18.2 Å². The van der Waals surface area contributed by atoms with Gasteiger partial charge in [-0.25, -0.2) is 9.18 Å². The molecule has 2 aromatic carbocycles. The minimum Gasteiger partial charge on any atom is -0.485 e. The Morgan fingerprint density at radius 2 is 1.77 bits per heavy atom. The zero-order valence-electron chi connectivity index (χ0n) is 17.4. The van der Waals surface area contributed by atoms with Crippen LogP contribution in [0, 0.1) is 19.7 Å². The molecule has 158 valence electrons. The lowest BCUT2D eigenvalue weighted by atomic mass is 10.1. The monoisotopic (exact) mass is 419 g/mol. The zero-order chi connectivity index (χ0) is 22.0. The average molecular weight is 419 g/mol. The van der Waals surface area contributed by atoms with E-state index < -0.39 is 5.63 Å². The van der Waals surface area contributed by atoms with Crippen LogP contribution in [0.25, 0.3) is 11.0 Å². The van der Waals surface area contributed by atoms with E-state index in [1.807, 2.05) is 19.9 Å². The number of carbonyl (C=O) groups excluding carboxylic acids is 1. The Morgan fingerprint density at radius 3 is 2.55 bits per heavy atom. The summed E-state index contributed by atoms with van der Waals surface area (Å²) in [7, 11) is 0. The molecular weight excluding hydrogens is 397 g/mol. The number of Topliss-reactive ketones (excluding diaryl/α,β-unsaturated/α-hetero) is 1. The number of nitrogens with zero attached hydrogens (tertiary/aromatic N) is 1. The molecule has 0 saturated carbocycles. The Balaban J connectivity index is 1.44. The number of aromatic nitrogens is 1. The van der Waals surface area contributed by atoms with Crippen molar-refractivity contribution in [2.75, 3.05) is 6.61 Å². The fourth-order valence-electron chi connectivity index (χ4n) is 3.68. The number of hydrogen-bond donors (Lipinski definition) is 0. The highest BCUT2D eigenvalue weighted by molar-refractivity contribution is 5.98. The van der Waals surface area contributed by atoms with Crippen LogP contribution in [0.5, 0.6) is 5.75 Å². The van der Waals surface area contributed by atoms with Gasteiger partial charge >= 0.3 is 5.63 Å². The van der Waals surface area contributed by atoms with Crippen LogP contribution in [0.15, 0.2) is 69.9 Å². The average Bonchev–Trinajstić information content (AvgIpc) is 3.04. The predicted octanol–water partition coefficient (Wildman–Crippen LogP) is 4.85. The van der Waals surface area contributed by atoms with Crippen molar-refractivity contribution >= 4 is 16.8 Å². The lowest BCUT2D eigenvalue weighted by Crippen LogP contribution is -2.13. The van der Waals surface area contributed by atoms with Crippen molar-refractivity contribution in [3.05, 3.63) is 99.4 Å². The Kier molecular flexibility index (Phi) is 5.71. The van der Waals surface area contributed by atoms with Crippen molar-refractivity contribution < 1.29 is 18.3 Å². The Labute approximate surface area is 178 Å². The van der Waals surface area contributed by atoms with E-state index in [9.17, 15) is 14.0 Å². The van der Waals surface area contributed by atoms with Crippen LogP contribution < -0.4 is 10.4 Å². The quantitative estimate of drug-likeness (QED) is 0.317. The summed E-state index contributed by atoms with van der Waals surface area (Å²) in [6.07, 6.45) is 0.739. The molecule has 0 unspecified atom stereocenters. The van der Waals surface area contributed by atoms with Gasteiger partial charge in [-0.3, -0.25) is 4.79 Å². The van der Waals surface area contributed by atoms with Crippen LogP contribution in [0.3, 0.4) is 0 Å². The third kappa shape index (κ3) is 4.58. The zero-order valence-corrected chi connectivity index (χ0v) is 17.4. The highest BCUT2D eigenvalue weighted by atomic mass is 19.1. The summed E-state index contributed by atoms with van der Waals surface area (Å²) < 4.78 is 26.0. The van der Waals surface area contributed by atoms with Crippen LogP contribution in [-0.4, -0.2) is 17.0 Å². The molecule has 5 nitrogen and oxygen atoms in total. The van der Waals surface area contributed by atoms with Gasteiger partial charge in [-0.15, -0.1) is 0 Å². The van der Waals surface area contributed by atoms with E-state index in [0.29, 0.717) is 23.4 Å². The summed E-state index contributed by atoms with van der Waals surface area (Å²) in [5.41, 5.74) is 3.48. The van der Waals surface area contributed by atoms with E-state index in [2.05, 4.69) is 4.57 Å². The molecule has 31 heavy (non-hydrogen) atoms. The minimum atomic E-state index is -0.436. The van der Waals surface area contributed by atoms with Crippen molar-refractivity contribution in [1.29, 1.82) is 0 Å². The Bertz CT molecular complexity index is 1300. The lowest BCUT2D eigenvalue weighted by Gasteiger charge is -2.10. The molecule has 0 radical (unpaired) electrons. The second-order valence-corrected chi connectivity index (χ2v) is 7.48. The fourth-order valence-corrected chi connectivity index (χ4v) is 3.68. The van der Waals surface area contributed by atoms with Gasteiger partial charge in [0, 0.05) is 41.0 Å². The smallest absolute Gasteiger partial charge is 0.336 e. The molecule has 0 fully saturated rings. The molecule has 0 N–H and O–H groups in total. The van der Waals surface area contributed by atoms with Gasteiger partial charge in [0.15, 0.2) is 6.61 Å². The lowest BCUT2D eigenvalue weighted by molar-refractivity contribution is 0.0920. The summed E-state index contributed by atoms with van der Waals surface area (Å²) in [6, 6.07) is 16.5. The van der Waals surface area contributed by atoms with Crippen molar-refractivity contribution in [1.82, 2.24) is 4.57 Å². The number of rotatable bonds is 7. The largest absolute Gasteiger partial charge is 0.485 e. The van der Waals surface area contributed by atoms with Gasteiger partial charge in [0.05, 0.1) is 0 Å². The second-order valence-electron chi connectivity index (χ2n) is 7.48. The number of benzene rings is 2. The summed E-state index contributed by atoms with van der Waals surface area (Å²) in [6.45, 7) is 4.45. The van der Waals surface area contributed by atoms with E-state index in [1.54, 1.807) is 36.4 Å². The fraction of sp³-hybridized carbons (Fsp3) is 0.200. The summed E-state index contributed by atoms with van der Waals surface area (Å²) >= 11 is 0. The molecule has 2 heterocycles. The third-order valence-corrected chi connectivity index (χ3v) is 5.38. The van der Waals surface area contributed by atoms with Crippen molar-refractivity contribution in [2.24, 2.45) is 0 Å². The van der Waals surface area contributed by atoms with Gasteiger partial charge in [-0.05, 0) is 62.2 Å². The molecule has 2 aromatic heterocycles. The normalized spacial score (nSPS) is 11.1. The van der Waals surface area contributed by atoms with E-state index in [0.717, 1.165) is 28.8 Å². The number of ketones is 1. The molecule has 0 aliphatic rings. The summed E-state index contributed by atoms with van der Waals surface area (Å²) in [4.78, 5) is 24.2. The number of fused-ring (bicyclic) bond motifs is 1. The molecule has 0 saturated heterocycles. The van der Waals surface area contributed by atoms with Crippen molar-refractivity contribution in [3.63, 3.8) is 0 Å². The second kappa shape index (κ2) is 8.60. The molecule has 0 spiro atoms. The first-order valence-electron chi connectivity index (χ1n) is 10.0. The SMILES string of the molecule is Cc1cc(C(=O)COc2ccc3ccc(=O)oc3c2)c(C)n1CCc1ccc(F)cc1. The maximum absolute atomic E-state index is 13.1. The molecule has 0 aliphatic carbocycles. The van der Waals surface area contributed by atoms with Gasteiger partial charge in [0.2, 0.25) is 5.78 Å². The van der Waals surface area contributed by atoms with Gasteiger partial charge < -0.3 is 13.7 Å². The number of carbonyl (C=O) groups is 1. The highest BCUT2D eigenvalue weighted by Crippen LogP contribution is 2.21. The predicted molar refractivity (Wildman–Crippen MR) is 116 cm³/mol. The standard InChI is InChI=1S/C25H22FNO4/c1-16-13-22(17(2)27(16)12-11-18-3-7-20(26)8-4-18)23(28)15-30-21-9-5-19-6-10-25(29)31-24(19)14-21/h3-10,13-14H,11-12,15H2,1-2H3. The van der Waals surface area contributed by atoms with Crippen LogP contribution in [0.2, 0.25) is 0 Å². The van der Waals surface area contributed by atoms with Gasteiger partial charge in [0.25, 0.3) is 0 Å². The third-order valence-electron chi connectivity index (χ3n) is 5.38. The van der Waals surface area contributed by atoms with Crippen LogP contribution in [0.1, 0.15) is 27.3 Å². The molecule has 0 atom stereocenters. The minimum absolute atomic E-state index is 0.120. The number of aryl methyl sites for hydroxylation is 2. The number of hydrogen-bond acceptors (Lipinski definition) is 4. The highest BCUT2D eigenvalue weighted by Gasteiger charge is 2.16. The Morgan fingerprint density at radius 1 is 1.03 bits per heavy atom. The van der Waals surface area contributed by atoms with Gasteiger partial charge in [0.1, 0.15) is 17.1 Å². The van der Waals surface area contributed by atoms with Gasteiger partial charge in [-0.1, -0.05) is 12.1 Å². The molecule has 0 bridgehead atoms. The Hall–Kier alpha value is -3.67. The molecule has 4 aromatic rings. The topological polar surface area (TPSA) is 61.4 Å². The van der Waals surface area contributed by atoms with Crippen molar-refractivity contribution in [2.45, 2.75) is 26.8 Å². The summed E-state index contributed by atoms with van der Waals surface area (Å²) in [5, 5.41) is 0.781. The van der Waals surface area contributed by atoms with Crippen LogP contribution in [-0.2, 0) is 13.0 Å². The van der Waals surface area contributed by atoms with E-state index >= 15 is 0 Å². The molecule has 0 aliphatic heterocycles. The first-order valence-corrected chi connectivity index (χ1v) is 10.0. The van der Waals surface area contributed by atoms with E-state index in [1.165, 1.54) is 18.2 Å². The number of ether oxygens (including phenoxy) is 1. The van der Waals surface area contributed by atoms with Crippen LogP contribution in [0.4, 0.5) is 4.39 Å². The molecule has 6 heteroatoms. The van der Waals surface area contributed by atoms with Crippen molar-refractivity contribution in [3.8, 4) is 5.75 Å². The molecular formula is C25H22FNO4. The summed E-state index contributed by atoms with van der Waals surface area (Å²) in [5.74, 6) is 0.0783. The molecule has 0 amide bonds. The number of halogens is 1. The first kappa shape index (κ1) is 20.6. The maximum atomic E-state index is 13.1.